The Bertz CT molecular complexity index is 476. The predicted octanol–water partition coefficient (Wildman–Crippen LogP) is 2.98. The Hall–Kier alpha value is -1.61. The van der Waals surface area contributed by atoms with Crippen molar-refractivity contribution in [3.8, 4) is 11.3 Å². The van der Waals surface area contributed by atoms with Gasteiger partial charge in [0.1, 0.15) is 17.3 Å². The zero-order valence-electron chi connectivity index (χ0n) is 9.11. The quantitative estimate of drug-likeness (QED) is 0.861. The largest absolute Gasteiger partial charge is 0.461 e. The summed E-state index contributed by atoms with van der Waals surface area (Å²) in [4.78, 5) is 0. The topological polar surface area (TPSA) is 39.2 Å². The maximum absolute atomic E-state index is 13.0. The van der Waals surface area contributed by atoms with Gasteiger partial charge in [0.2, 0.25) is 0 Å². The molecule has 0 saturated carbocycles. The van der Waals surface area contributed by atoms with Gasteiger partial charge in [-0.15, -0.1) is 0 Å². The average Bonchev–Trinajstić information content (AvgIpc) is 2.65. The Morgan fingerprint density at radius 2 is 2.12 bits per heavy atom. The van der Waals surface area contributed by atoms with E-state index in [1.54, 1.807) is 6.07 Å². The summed E-state index contributed by atoms with van der Waals surface area (Å²) in [6, 6.07) is 10.1. The molecule has 2 aromatic rings. The van der Waals surface area contributed by atoms with Crippen LogP contribution in [0.3, 0.4) is 0 Å². The molecule has 0 bridgehead atoms. The van der Waals surface area contributed by atoms with Gasteiger partial charge < -0.3 is 10.2 Å². The van der Waals surface area contributed by atoms with Crippen molar-refractivity contribution in [2.75, 3.05) is 0 Å². The molecule has 0 saturated heterocycles. The summed E-state index contributed by atoms with van der Waals surface area (Å²) in [6.45, 7) is 1.92. The van der Waals surface area contributed by atoms with Crippen LogP contribution in [0.25, 0.3) is 11.3 Å². The molecular formula is C13H14FNO. The molecule has 0 aliphatic rings. The van der Waals surface area contributed by atoms with Crippen molar-refractivity contribution in [3.05, 3.63) is 48.0 Å². The third-order valence-electron chi connectivity index (χ3n) is 2.29. The first kappa shape index (κ1) is 10.9. The third kappa shape index (κ3) is 2.49. The highest BCUT2D eigenvalue weighted by Gasteiger charge is 2.06. The Balaban J connectivity index is 2.24. The maximum atomic E-state index is 13.0. The molecule has 3 heteroatoms. The minimum absolute atomic E-state index is 0.0616. The monoisotopic (exact) mass is 219 g/mol. The maximum Gasteiger partial charge on any atom is 0.134 e. The van der Waals surface area contributed by atoms with Gasteiger partial charge in [0.05, 0.1) is 0 Å². The van der Waals surface area contributed by atoms with Crippen LogP contribution >= 0.6 is 0 Å². The summed E-state index contributed by atoms with van der Waals surface area (Å²) in [7, 11) is 0. The second-order valence-corrected chi connectivity index (χ2v) is 3.96. The van der Waals surface area contributed by atoms with Crippen LogP contribution in [-0.4, -0.2) is 6.04 Å². The van der Waals surface area contributed by atoms with Gasteiger partial charge >= 0.3 is 0 Å². The van der Waals surface area contributed by atoms with Gasteiger partial charge in [0.15, 0.2) is 0 Å². The molecule has 1 aromatic heterocycles. The van der Waals surface area contributed by atoms with Crippen molar-refractivity contribution in [2.24, 2.45) is 5.73 Å². The van der Waals surface area contributed by atoms with E-state index in [9.17, 15) is 4.39 Å². The van der Waals surface area contributed by atoms with E-state index in [4.69, 9.17) is 10.2 Å². The third-order valence-corrected chi connectivity index (χ3v) is 2.29. The molecule has 0 fully saturated rings. The number of nitrogens with two attached hydrogens (primary N) is 1. The van der Waals surface area contributed by atoms with Crippen molar-refractivity contribution >= 4 is 0 Å². The fraction of sp³-hybridized carbons (Fsp3) is 0.231. The first-order valence-corrected chi connectivity index (χ1v) is 5.25. The van der Waals surface area contributed by atoms with E-state index in [1.165, 1.54) is 12.1 Å². The molecule has 0 spiro atoms. The molecule has 1 heterocycles. The van der Waals surface area contributed by atoms with Gasteiger partial charge in [-0.2, -0.15) is 0 Å². The highest BCUT2D eigenvalue weighted by atomic mass is 19.1. The van der Waals surface area contributed by atoms with Gasteiger partial charge in [-0.1, -0.05) is 12.1 Å². The molecule has 2 N–H and O–H groups in total. The lowest BCUT2D eigenvalue weighted by molar-refractivity contribution is 0.503. The lowest BCUT2D eigenvalue weighted by atomic mass is 10.2. The zero-order valence-corrected chi connectivity index (χ0v) is 9.11. The summed E-state index contributed by atoms with van der Waals surface area (Å²) in [5.74, 6) is 1.24. The van der Waals surface area contributed by atoms with Gasteiger partial charge in [-0.05, 0) is 31.2 Å². The minimum atomic E-state index is -0.261. The molecule has 0 aliphatic heterocycles. The summed E-state index contributed by atoms with van der Waals surface area (Å²) in [5, 5.41) is 0. The van der Waals surface area contributed by atoms with E-state index >= 15 is 0 Å². The molecule has 0 aliphatic carbocycles. The fourth-order valence-corrected chi connectivity index (χ4v) is 1.60. The van der Waals surface area contributed by atoms with Gasteiger partial charge in [0.25, 0.3) is 0 Å². The van der Waals surface area contributed by atoms with Crippen LogP contribution in [0, 0.1) is 5.82 Å². The number of hydrogen-bond donors (Lipinski definition) is 1. The van der Waals surface area contributed by atoms with Crippen LogP contribution in [0.1, 0.15) is 12.7 Å². The minimum Gasteiger partial charge on any atom is -0.461 e. The van der Waals surface area contributed by atoms with Crippen LogP contribution in [0.4, 0.5) is 4.39 Å². The van der Waals surface area contributed by atoms with E-state index in [1.807, 2.05) is 25.1 Å². The molecule has 1 aromatic carbocycles. The number of benzene rings is 1. The first-order valence-electron chi connectivity index (χ1n) is 5.25. The summed E-state index contributed by atoms with van der Waals surface area (Å²) in [5.41, 5.74) is 6.42. The van der Waals surface area contributed by atoms with Crippen molar-refractivity contribution in [2.45, 2.75) is 19.4 Å². The Morgan fingerprint density at radius 1 is 1.31 bits per heavy atom. The first-order chi connectivity index (χ1) is 7.65. The summed E-state index contributed by atoms with van der Waals surface area (Å²) in [6.07, 6.45) is 0.690. The molecule has 16 heavy (non-hydrogen) atoms. The smallest absolute Gasteiger partial charge is 0.134 e. The molecule has 0 amide bonds. The lowest BCUT2D eigenvalue weighted by Gasteiger charge is -2.01. The number of halogens is 1. The zero-order chi connectivity index (χ0) is 11.5. The SMILES string of the molecule is CC(N)Cc1ccc(-c2cccc(F)c2)o1. The van der Waals surface area contributed by atoms with Crippen LogP contribution in [0.15, 0.2) is 40.8 Å². The molecule has 84 valence electrons. The predicted molar refractivity (Wildman–Crippen MR) is 61.5 cm³/mol. The number of hydrogen-bond acceptors (Lipinski definition) is 2. The fourth-order valence-electron chi connectivity index (χ4n) is 1.60. The highest BCUT2D eigenvalue weighted by Crippen LogP contribution is 2.23. The molecule has 1 unspecified atom stereocenters. The lowest BCUT2D eigenvalue weighted by Crippen LogP contribution is -2.17. The van der Waals surface area contributed by atoms with Crippen molar-refractivity contribution in [1.82, 2.24) is 0 Å². The van der Waals surface area contributed by atoms with Crippen LogP contribution in [0.5, 0.6) is 0 Å². The van der Waals surface area contributed by atoms with Gasteiger partial charge in [-0.3, -0.25) is 0 Å². The van der Waals surface area contributed by atoms with E-state index in [0.717, 1.165) is 11.3 Å². The second kappa shape index (κ2) is 4.49. The van der Waals surface area contributed by atoms with Crippen molar-refractivity contribution < 1.29 is 8.81 Å². The second-order valence-electron chi connectivity index (χ2n) is 3.96. The molecule has 0 radical (unpaired) electrons. The van der Waals surface area contributed by atoms with E-state index in [-0.39, 0.29) is 11.9 Å². The Kier molecular flexibility index (Phi) is 3.06. The summed E-state index contributed by atoms with van der Waals surface area (Å²) < 4.78 is 18.6. The average molecular weight is 219 g/mol. The Morgan fingerprint density at radius 3 is 2.81 bits per heavy atom. The van der Waals surface area contributed by atoms with Crippen molar-refractivity contribution in [1.29, 1.82) is 0 Å². The van der Waals surface area contributed by atoms with Crippen LogP contribution in [0.2, 0.25) is 0 Å². The molecular weight excluding hydrogens is 205 g/mol. The number of furan rings is 1. The summed E-state index contributed by atoms with van der Waals surface area (Å²) >= 11 is 0. The Labute approximate surface area is 93.9 Å². The van der Waals surface area contributed by atoms with Gasteiger partial charge in [-0.25, -0.2) is 4.39 Å². The van der Waals surface area contributed by atoms with E-state index in [2.05, 4.69) is 0 Å². The molecule has 2 rings (SSSR count). The standard InChI is InChI=1S/C13H14FNO/c1-9(15)7-12-5-6-13(16-12)10-3-2-4-11(14)8-10/h2-6,8-9H,7,15H2,1H3. The highest BCUT2D eigenvalue weighted by molar-refractivity contribution is 5.57. The molecule has 1 atom stereocenters. The van der Waals surface area contributed by atoms with Crippen LogP contribution < -0.4 is 5.73 Å². The van der Waals surface area contributed by atoms with Crippen LogP contribution in [-0.2, 0) is 6.42 Å². The van der Waals surface area contributed by atoms with Gasteiger partial charge in [0, 0.05) is 18.0 Å². The van der Waals surface area contributed by atoms with E-state index in [0.29, 0.717) is 12.2 Å². The normalized spacial score (nSPS) is 12.7. The van der Waals surface area contributed by atoms with E-state index < -0.39 is 0 Å². The molecule has 2 nitrogen and oxygen atoms in total. The van der Waals surface area contributed by atoms with Crippen molar-refractivity contribution in [3.63, 3.8) is 0 Å². The number of rotatable bonds is 3.